The predicted molar refractivity (Wildman–Crippen MR) is 107 cm³/mol. The lowest BCUT2D eigenvalue weighted by atomic mass is 10.0. The number of hydrogen-bond donors (Lipinski definition) is 2. The normalized spacial score (nSPS) is 10.6. The molecule has 142 valence electrons. The van der Waals surface area contributed by atoms with Crippen LogP contribution < -0.4 is 10.6 Å². The first-order chi connectivity index (χ1) is 13.4. The van der Waals surface area contributed by atoms with E-state index in [0.29, 0.717) is 17.3 Å². The van der Waals surface area contributed by atoms with Crippen LogP contribution in [0.2, 0.25) is 0 Å². The van der Waals surface area contributed by atoms with E-state index in [1.807, 2.05) is 24.3 Å². The molecule has 0 bridgehead atoms. The number of carbonyl (C=O) groups is 2. The summed E-state index contributed by atoms with van der Waals surface area (Å²) < 4.78 is 13.0. The number of halogens is 1. The summed E-state index contributed by atoms with van der Waals surface area (Å²) in [5, 5.41) is 5.39. The molecule has 3 rings (SSSR count). The van der Waals surface area contributed by atoms with Crippen molar-refractivity contribution in [1.29, 1.82) is 0 Å². The molecule has 5 nitrogen and oxygen atoms in total. The van der Waals surface area contributed by atoms with Crippen molar-refractivity contribution in [2.45, 2.75) is 19.8 Å². The molecule has 28 heavy (non-hydrogen) atoms. The van der Waals surface area contributed by atoms with E-state index in [4.69, 9.17) is 0 Å². The average molecular weight is 377 g/mol. The quantitative estimate of drug-likeness (QED) is 0.668. The molecular weight excluding hydrogens is 357 g/mol. The van der Waals surface area contributed by atoms with Gasteiger partial charge in [0.15, 0.2) is 0 Å². The zero-order valence-corrected chi connectivity index (χ0v) is 15.6. The lowest BCUT2D eigenvalue weighted by Gasteiger charge is -2.09. The number of nitrogens with zero attached hydrogens (tertiary/aromatic N) is 1. The van der Waals surface area contributed by atoms with Gasteiger partial charge in [-0.05, 0) is 60.0 Å². The zero-order chi connectivity index (χ0) is 20.1. The van der Waals surface area contributed by atoms with Gasteiger partial charge in [0.25, 0.3) is 11.8 Å². The summed E-state index contributed by atoms with van der Waals surface area (Å²) >= 11 is 0. The van der Waals surface area contributed by atoms with Crippen LogP contribution in [0.25, 0.3) is 0 Å². The Balaban J connectivity index is 1.70. The number of rotatable bonds is 5. The second-order valence-corrected chi connectivity index (χ2v) is 6.60. The topological polar surface area (TPSA) is 71.1 Å². The Bertz CT molecular complexity index is 983. The van der Waals surface area contributed by atoms with Gasteiger partial charge >= 0.3 is 0 Å². The van der Waals surface area contributed by atoms with E-state index in [-0.39, 0.29) is 11.4 Å². The Labute approximate surface area is 162 Å². The number of benzene rings is 2. The number of anilines is 2. The third-order valence-electron chi connectivity index (χ3n) is 4.15. The molecule has 0 aliphatic heterocycles. The molecule has 0 aliphatic rings. The molecule has 0 aliphatic carbocycles. The molecule has 1 aromatic heterocycles. The number of nitrogens with one attached hydrogen (secondary N) is 2. The maximum absolute atomic E-state index is 13.0. The molecule has 2 amide bonds. The zero-order valence-electron chi connectivity index (χ0n) is 15.6. The Morgan fingerprint density at radius 3 is 1.71 bits per heavy atom. The summed E-state index contributed by atoms with van der Waals surface area (Å²) in [5.41, 5.74) is 2.48. The monoisotopic (exact) mass is 377 g/mol. The van der Waals surface area contributed by atoms with Crippen LogP contribution >= 0.6 is 0 Å². The first kappa shape index (κ1) is 19.2. The number of pyridine rings is 1. The van der Waals surface area contributed by atoms with Crippen LogP contribution in [0.1, 0.15) is 46.3 Å². The maximum Gasteiger partial charge on any atom is 0.274 e. The minimum atomic E-state index is -0.484. The van der Waals surface area contributed by atoms with Crippen LogP contribution in [-0.4, -0.2) is 16.8 Å². The van der Waals surface area contributed by atoms with Crippen LogP contribution in [0.15, 0.2) is 66.7 Å². The van der Waals surface area contributed by atoms with Gasteiger partial charge in [0.05, 0.1) is 0 Å². The highest BCUT2D eigenvalue weighted by Gasteiger charge is 2.13. The van der Waals surface area contributed by atoms with Gasteiger partial charge in [0.2, 0.25) is 0 Å². The van der Waals surface area contributed by atoms with Crippen molar-refractivity contribution in [1.82, 2.24) is 4.98 Å². The summed E-state index contributed by atoms with van der Waals surface area (Å²) in [6.45, 7) is 4.19. The Kier molecular flexibility index (Phi) is 5.79. The molecule has 2 N–H and O–H groups in total. The van der Waals surface area contributed by atoms with Crippen LogP contribution in [0, 0.1) is 5.82 Å². The molecule has 3 aromatic rings. The van der Waals surface area contributed by atoms with Gasteiger partial charge in [-0.1, -0.05) is 32.0 Å². The van der Waals surface area contributed by atoms with E-state index < -0.39 is 17.6 Å². The van der Waals surface area contributed by atoms with E-state index in [1.54, 1.807) is 6.07 Å². The third-order valence-corrected chi connectivity index (χ3v) is 4.15. The van der Waals surface area contributed by atoms with Crippen LogP contribution in [0.5, 0.6) is 0 Å². The lowest BCUT2D eigenvalue weighted by molar-refractivity contribution is 0.101. The molecule has 0 saturated heterocycles. The van der Waals surface area contributed by atoms with Crippen LogP contribution in [-0.2, 0) is 0 Å². The molecule has 1 heterocycles. The number of amides is 2. The second-order valence-electron chi connectivity index (χ2n) is 6.60. The fourth-order valence-electron chi connectivity index (χ4n) is 2.56. The van der Waals surface area contributed by atoms with E-state index in [2.05, 4.69) is 29.5 Å². The van der Waals surface area contributed by atoms with Gasteiger partial charge < -0.3 is 10.6 Å². The van der Waals surface area contributed by atoms with Crippen molar-refractivity contribution in [3.63, 3.8) is 0 Å². The van der Waals surface area contributed by atoms with E-state index in [9.17, 15) is 14.0 Å². The lowest BCUT2D eigenvalue weighted by Crippen LogP contribution is -2.18. The van der Waals surface area contributed by atoms with Crippen molar-refractivity contribution in [2.75, 3.05) is 10.6 Å². The Hall–Kier alpha value is -3.54. The largest absolute Gasteiger partial charge is 0.321 e. The summed E-state index contributed by atoms with van der Waals surface area (Å²) in [5.74, 6) is -0.879. The molecular formula is C22H20FN3O2. The molecule has 6 heteroatoms. The molecule has 0 saturated carbocycles. The molecule has 0 radical (unpaired) electrons. The van der Waals surface area contributed by atoms with Crippen molar-refractivity contribution >= 4 is 23.2 Å². The standard InChI is InChI=1S/C22H20FN3O2/c1-14(2)15-6-10-17(11-7-15)24-21(27)19-4-3-5-20(26-19)22(28)25-18-12-8-16(23)9-13-18/h3-14H,1-2H3,(H,24,27)(H,25,28). The van der Waals surface area contributed by atoms with Crippen LogP contribution in [0.4, 0.5) is 15.8 Å². The van der Waals surface area contributed by atoms with Gasteiger partial charge in [-0.25, -0.2) is 9.37 Å². The minimum absolute atomic E-state index is 0.0899. The summed E-state index contributed by atoms with van der Waals surface area (Å²) in [6, 6.07) is 17.6. The highest BCUT2D eigenvalue weighted by molar-refractivity contribution is 6.06. The molecule has 0 unspecified atom stereocenters. The molecule has 0 fully saturated rings. The third kappa shape index (κ3) is 4.79. The van der Waals surface area contributed by atoms with Gasteiger partial charge in [0.1, 0.15) is 17.2 Å². The van der Waals surface area contributed by atoms with Gasteiger partial charge in [-0.3, -0.25) is 9.59 Å². The van der Waals surface area contributed by atoms with Crippen molar-refractivity contribution in [3.05, 3.63) is 89.5 Å². The Morgan fingerprint density at radius 1 is 0.786 bits per heavy atom. The molecule has 0 atom stereocenters. The predicted octanol–water partition coefficient (Wildman–Crippen LogP) is 4.85. The number of aromatic nitrogens is 1. The smallest absolute Gasteiger partial charge is 0.274 e. The molecule has 0 spiro atoms. The summed E-state index contributed by atoms with van der Waals surface area (Å²) in [6.07, 6.45) is 0. The number of hydrogen-bond acceptors (Lipinski definition) is 3. The summed E-state index contributed by atoms with van der Waals surface area (Å²) in [4.78, 5) is 28.9. The highest BCUT2D eigenvalue weighted by Crippen LogP contribution is 2.17. The van der Waals surface area contributed by atoms with Crippen molar-refractivity contribution in [2.24, 2.45) is 0 Å². The SMILES string of the molecule is CC(C)c1ccc(NC(=O)c2cccc(C(=O)Nc3ccc(F)cc3)n2)cc1. The fourth-order valence-corrected chi connectivity index (χ4v) is 2.56. The Morgan fingerprint density at radius 2 is 1.25 bits per heavy atom. The molecule has 2 aromatic carbocycles. The van der Waals surface area contributed by atoms with Crippen molar-refractivity contribution in [3.8, 4) is 0 Å². The van der Waals surface area contributed by atoms with Gasteiger partial charge in [0, 0.05) is 11.4 Å². The van der Waals surface area contributed by atoms with E-state index in [1.165, 1.54) is 42.0 Å². The van der Waals surface area contributed by atoms with Gasteiger partial charge in [-0.15, -0.1) is 0 Å². The highest BCUT2D eigenvalue weighted by atomic mass is 19.1. The van der Waals surface area contributed by atoms with Crippen molar-refractivity contribution < 1.29 is 14.0 Å². The number of carbonyl (C=O) groups excluding carboxylic acids is 2. The first-order valence-corrected chi connectivity index (χ1v) is 8.87. The minimum Gasteiger partial charge on any atom is -0.321 e. The van der Waals surface area contributed by atoms with Gasteiger partial charge in [-0.2, -0.15) is 0 Å². The second kappa shape index (κ2) is 8.43. The van der Waals surface area contributed by atoms with Crippen LogP contribution in [0.3, 0.4) is 0 Å². The maximum atomic E-state index is 13.0. The fraction of sp³-hybridized carbons (Fsp3) is 0.136. The van der Waals surface area contributed by atoms with E-state index in [0.717, 1.165) is 0 Å². The van der Waals surface area contributed by atoms with E-state index >= 15 is 0 Å². The average Bonchev–Trinajstić information content (AvgIpc) is 2.70. The first-order valence-electron chi connectivity index (χ1n) is 8.87. The summed E-state index contributed by atoms with van der Waals surface area (Å²) in [7, 11) is 0.